The van der Waals surface area contributed by atoms with Crippen LogP contribution in [0.1, 0.15) is 53.9 Å². The summed E-state index contributed by atoms with van der Waals surface area (Å²) in [5.41, 5.74) is 11.5. The third-order valence-corrected chi connectivity index (χ3v) is 6.56. The first-order valence-corrected chi connectivity index (χ1v) is 10.3. The van der Waals surface area contributed by atoms with E-state index in [1.807, 2.05) is 6.07 Å². The van der Waals surface area contributed by atoms with E-state index in [4.69, 9.17) is 10.5 Å². The van der Waals surface area contributed by atoms with Gasteiger partial charge < -0.3 is 15.6 Å². The summed E-state index contributed by atoms with van der Waals surface area (Å²) in [6, 6.07) is 15.3. The van der Waals surface area contributed by atoms with E-state index in [2.05, 4.69) is 43.3 Å². The summed E-state index contributed by atoms with van der Waals surface area (Å²) < 4.78 is 6.09. The van der Waals surface area contributed by atoms with E-state index in [1.165, 1.54) is 28.7 Å². The molecule has 0 unspecified atom stereocenters. The van der Waals surface area contributed by atoms with Gasteiger partial charge in [-0.15, -0.1) is 0 Å². The molecule has 0 radical (unpaired) electrons. The molecule has 4 rings (SSSR count). The molecule has 0 aliphatic heterocycles. The molecule has 2 aromatic rings. The molecular weight excluding hydrogens is 334 g/mol. The minimum atomic E-state index is -0.376. The van der Waals surface area contributed by atoms with Crippen molar-refractivity contribution in [2.24, 2.45) is 11.7 Å². The van der Waals surface area contributed by atoms with Gasteiger partial charge in [0, 0.05) is 5.54 Å². The fourth-order valence-corrected chi connectivity index (χ4v) is 4.76. The van der Waals surface area contributed by atoms with E-state index in [0.29, 0.717) is 11.8 Å². The average molecular weight is 366 g/mol. The van der Waals surface area contributed by atoms with Crippen LogP contribution in [0.3, 0.4) is 0 Å². The maximum atomic E-state index is 9.52. The SMILES string of the molecule is Cc1ccccc1OC[C@H]1CCc2cc([C@H]3CC[C@](N)(CO)C3)ccc2C1. The van der Waals surface area contributed by atoms with Crippen LogP contribution in [0.25, 0.3) is 0 Å². The van der Waals surface area contributed by atoms with E-state index in [0.717, 1.165) is 44.5 Å². The second-order valence-electron chi connectivity index (χ2n) is 8.67. The second-order valence-corrected chi connectivity index (χ2v) is 8.67. The van der Waals surface area contributed by atoms with E-state index in [9.17, 15) is 5.11 Å². The summed E-state index contributed by atoms with van der Waals surface area (Å²) in [7, 11) is 0. The zero-order valence-electron chi connectivity index (χ0n) is 16.3. The summed E-state index contributed by atoms with van der Waals surface area (Å²) in [6.07, 6.45) is 6.32. The van der Waals surface area contributed by atoms with Crippen molar-refractivity contribution in [2.45, 2.75) is 56.9 Å². The summed E-state index contributed by atoms with van der Waals surface area (Å²) in [5, 5.41) is 9.52. The fourth-order valence-electron chi connectivity index (χ4n) is 4.76. The molecule has 27 heavy (non-hydrogen) atoms. The van der Waals surface area contributed by atoms with Gasteiger partial charge in [0.2, 0.25) is 0 Å². The topological polar surface area (TPSA) is 55.5 Å². The number of nitrogens with two attached hydrogens (primary N) is 1. The Morgan fingerprint density at radius 3 is 2.78 bits per heavy atom. The van der Waals surface area contributed by atoms with Crippen molar-refractivity contribution in [1.29, 1.82) is 0 Å². The van der Waals surface area contributed by atoms with Gasteiger partial charge in [-0.1, -0.05) is 36.4 Å². The second kappa shape index (κ2) is 7.65. The van der Waals surface area contributed by atoms with E-state index in [-0.39, 0.29) is 12.1 Å². The molecule has 0 saturated heterocycles. The molecule has 0 amide bonds. The molecular formula is C24H31NO2. The number of para-hydroxylation sites is 1. The number of ether oxygens (including phenoxy) is 1. The maximum absolute atomic E-state index is 9.52. The lowest BCUT2D eigenvalue weighted by Crippen LogP contribution is -2.40. The van der Waals surface area contributed by atoms with Gasteiger partial charge in [0.1, 0.15) is 5.75 Å². The van der Waals surface area contributed by atoms with Crippen LogP contribution < -0.4 is 10.5 Å². The third kappa shape index (κ3) is 4.04. The van der Waals surface area contributed by atoms with Gasteiger partial charge in [-0.05, 0) is 85.6 Å². The lowest BCUT2D eigenvalue weighted by atomic mass is 9.82. The van der Waals surface area contributed by atoms with Crippen molar-refractivity contribution in [3.8, 4) is 5.75 Å². The molecule has 2 aromatic carbocycles. The van der Waals surface area contributed by atoms with Crippen LogP contribution in [0.2, 0.25) is 0 Å². The molecule has 0 bridgehead atoms. The molecule has 1 saturated carbocycles. The van der Waals surface area contributed by atoms with Crippen molar-refractivity contribution in [3.05, 3.63) is 64.7 Å². The lowest BCUT2D eigenvalue weighted by Gasteiger charge is -2.26. The zero-order valence-corrected chi connectivity index (χ0v) is 16.3. The molecule has 0 spiro atoms. The van der Waals surface area contributed by atoms with Gasteiger partial charge in [-0.3, -0.25) is 0 Å². The Bertz CT molecular complexity index is 803. The van der Waals surface area contributed by atoms with Crippen LogP contribution in [-0.4, -0.2) is 23.9 Å². The Labute approximate surface area is 162 Å². The highest BCUT2D eigenvalue weighted by Gasteiger charge is 2.36. The number of hydrogen-bond acceptors (Lipinski definition) is 3. The Morgan fingerprint density at radius 1 is 1.15 bits per heavy atom. The van der Waals surface area contributed by atoms with Crippen molar-refractivity contribution in [3.63, 3.8) is 0 Å². The number of aliphatic hydroxyl groups excluding tert-OH is 1. The first-order valence-electron chi connectivity index (χ1n) is 10.3. The van der Waals surface area contributed by atoms with Crippen LogP contribution in [0.5, 0.6) is 5.75 Å². The molecule has 3 heteroatoms. The summed E-state index contributed by atoms with van der Waals surface area (Å²) in [6.45, 7) is 2.99. The summed E-state index contributed by atoms with van der Waals surface area (Å²) in [4.78, 5) is 0. The minimum absolute atomic E-state index is 0.0943. The van der Waals surface area contributed by atoms with E-state index >= 15 is 0 Å². The van der Waals surface area contributed by atoms with Gasteiger partial charge in [0.05, 0.1) is 13.2 Å². The van der Waals surface area contributed by atoms with Gasteiger partial charge in [-0.25, -0.2) is 0 Å². The highest BCUT2D eigenvalue weighted by Crippen LogP contribution is 2.40. The van der Waals surface area contributed by atoms with Crippen LogP contribution in [0, 0.1) is 12.8 Å². The lowest BCUT2D eigenvalue weighted by molar-refractivity contribution is 0.198. The molecule has 0 aromatic heterocycles. The Balaban J connectivity index is 1.39. The first kappa shape index (κ1) is 18.5. The van der Waals surface area contributed by atoms with Crippen LogP contribution in [0.4, 0.5) is 0 Å². The number of rotatable bonds is 5. The predicted molar refractivity (Wildman–Crippen MR) is 109 cm³/mol. The highest BCUT2D eigenvalue weighted by molar-refractivity contribution is 5.37. The van der Waals surface area contributed by atoms with E-state index in [1.54, 1.807) is 0 Å². The largest absolute Gasteiger partial charge is 0.493 e. The average Bonchev–Trinajstić information content (AvgIpc) is 3.10. The zero-order chi connectivity index (χ0) is 18.9. The van der Waals surface area contributed by atoms with Crippen molar-refractivity contribution in [1.82, 2.24) is 0 Å². The van der Waals surface area contributed by atoms with Crippen molar-refractivity contribution >= 4 is 0 Å². The molecule has 3 nitrogen and oxygen atoms in total. The molecule has 1 fully saturated rings. The molecule has 3 N–H and O–H groups in total. The first-order chi connectivity index (χ1) is 13.1. The third-order valence-electron chi connectivity index (χ3n) is 6.56. The Kier molecular flexibility index (Phi) is 5.25. The van der Waals surface area contributed by atoms with Crippen molar-refractivity contribution in [2.75, 3.05) is 13.2 Å². The Hall–Kier alpha value is -1.84. The summed E-state index contributed by atoms with van der Waals surface area (Å²) >= 11 is 0. The summed E-state index contributed by atoms with van der Waals surface area (Å²) in [5.74, 6) is 2.09. The molecule has 3 atom stereocenters. The molecule has 144 valence electrons. The van der Waals surface area contributed by atoms with E-state index < -0.39 is 0 Å². The van der Waals surface area contributed by atoms with Crippen LogP contribution in [0.15, 0.2) is 42.5 Å². The minimum Gasteiger partial charge on any atom is -0.493 e. The molecule has 0 heterocycles. The Morgan fingerprint density at radius 2 is 2.00 bits per heavy atom. The molecule has 2 aliphatic carbocycles. The van der Waals surface area contributed by atoms with Gasteiger partial charge in [0.25, 0.3) is 0 Å². The monoisotopic (exact) mass is 365 g/mol. The number of benzene rings is 2. The standard InChI is InChI=1S/C24H31NO2/c1-17-4-2-3-5-23(17)27-15-18-6-7-20-13-21(9-8-19(20)12-18)22-10-11-24(25,14-22)16-26/h2-5,8-9,13,18,22,26H,6-7,10-12,14-16,25H2,1H3/t18-,22-,24+/m0/s1. The van der Waals surface area contributed by atoms with Crippen LogP contribution >= 0.6 is 0 Å². The molecule has 2 aliphatic rings. The fraction of sp³-hybridized carbons (Fsp3) is 0.500. The highest BCUT2D eigenvalue weighted by atomic mass is 16.5. The number of fused-ring (bicyclic) bond motifs is 1. The quantitative estimate of drug-likeness (QED) is 0.837. The predicted octanol–water partition coefficient (Wildman–Crippen LogP) is 4.14. The van der Waals surface area contributed by atoms with Gasteiger partial charge in [0.15, 0.2) is 0 Å². The smallest absolute Gasteiger partial charge is 0.122 e. The number of aryl methyl sites for hydroxylation is 2. The number of hydrogen-bond donors (Lipinski definition) is 2. The van der Waals surface area contributed by atoms with Crippen molar-refractivity contribution < 1.29 is 9.84 Å². The van der Waals surface area contributed by atoms with Crippen LogP contribution in [-0.2, 0) is 12.8 Å². The number of aliphatic hydroxyl groups is 1. The maximum Gasteiger partial charge on any atom is 0.122 e. The van der Waals surface area contributed by atoms with Gasteiger partial charge in [-0.2, -0.15) is 0 Å². The van der Waals surface area contributed by atoms with Gasteiger partial charge >= 0.3 is 0 Å². The normalized spacial score (nSPS) is 27.4.